The van der Waals surface area contributed by atoms with Crippen LogP contribution in [0.2, 0.25) is 0 Å². The number of guanidine groups is 1. The van der Waals surface area contributed by atoms with Gasteiger partial charge in [-0.2, -0.15) is 0 Å². The van der Waals surface area contributed by atoms with Crippen LogP contribution in [0.25, 0.3) is 0 Å². The summed E-state index contributed by atoms with van der Waals surface area (Å²) in [5.74, 6) is 0.929. The number of piperazine rings is 1. The Morgan fingerprint density at radius 1 is 0.800 bits per heavy atom. The predicted octanol–water partition coefficient (Wildman–Crippen LogP) is 2.50. The summed E-state index contributed by atoms with van der Waals surface area (Å²) >= 11 is 0. The lowest BCUT2D eigenvalue weighted by atomic mass is 9.97. The highest BCUT2D eigenvalue weighted by atomic mass is 16.6. The Balaban J connectivity index is 1.73. The number of carbonyl (C=O) groups is 2. The molecule has 9 nitrogen and oxygen atoms in total. The summed E-state index contributed by atoms with van der Waals surface area (Å²) < 4.78 is 10.9. The van der Waals surface area contributed by atoms with E-state index in [1.807, 2.05) is 46.4 Å². The topological polar surface area (TPSA) is 101 Å². The van der Waals surface area contributed by atoms with E-state index in [9.17, 15) is 9.59 Å². The maximum absolute atomic E-state index is 12.2. The average molecular weight is 426 g/mol. The van der Waals surface area contributed by atoms with Crippen LogP contribution in [0.4, 0.5) is 9.59 Å². The lowest BCUT2D eigenvalue weighted by molar-refractivity contribution is 0.0180. The first-order chi connectivity index (χ1) is 13.8. The van der Waals surface area contributed by atoms with Crippen molar-refractivity contribution in [2.75, 3.05) is 45.8 Å². The third kappa shape index (κ3) is 7.91. The molecule has 30 heavy (non-hydrogen) atoms. The number of amides is 2. The number of carbonyl (C=O) groups excluding carboxylic acids is 2. The molecule has 0 aromatic heterocycles. The normalized spacial score (nSPS) is 19.7. The van der Waals surface area contributed by atoms with Crippen LogP contribution in [0.5, 0.6) is 0 Å². The van der Waals surface area contributed by atoms with E-state index in [1.165, 1.54) is 0 Å². The van der Waals surface area contributed by atoms with Gasteiger partial charge in [-0.15, -0.1) is 0 Å². The highest BCUT2D eigenvalue weighted by Gasteiger charge is 2.28. The molecule has 0 atom stereocenters. The highest BCUT2D eigenvalue weighted by molar-refractivity contribution is 5.78. The molecule has 0 radical (unpaired) electrons. The molecule has 2 saturated heterocycles. The number of hydrogen-bond acceptors (Lipinski definition) is 5. The van der Waals surface area contributed by atoms with Crippen LogP contribution in [0, 0.1) is 5.92 Å². The molecule has 2 rings (SSSR count). The van der Waals surface area contributed by atoms with Gasteiger partial charge in [-0.3, -0.25) is 4.99 Å². The number of hydrogen-bond donors (Lipinski definition) is 1. The Labute approximate surface area is 180 Å². The second kappa shape index (κ2) is 9.75. The molecule has 172 valence electrons. The molecule has 0 aromatic rings. The first-order valence-corrected chi connectivity index (χ1v) is 10.8. The van der Waals surface area contributed by atoms with E-state index in [1.54, 1.807) is 9.80 Å². The van der Waals surface area contributed by atoms with Gasteiger partial charge in [0, 0.05) is 45.8 Å². The smallest absolute Gasteiger partial charge is 0.410 e. The van der Waals surface area contributed by atoms with Gasteiger partial charge >= 0.3 is 12.2 Å². The molecular formula is C21H39N5O4. The number of piperidine rings is 1. The Kier molecular flexibility index (Phi) is 7.82. The van der Waals surface area contributed by atoms with Gasteiger partial charge in [0.25, 0.3) is 0 Å². The second-order valence-corrected chi connectivity index (χ2v) is 10.1. The minimum Gasteiger partial charge on any atom is -0.444 e. The van der Waals surface area contributed by atoms with Crippen LogP contribution in [0.15, 0.2) is 4.99 Å². The lowest BCUT2D eigenvalue weighted by Gasteiger charge is -2.36. The lowest BCUT2D eigenvalue weighted by Crippen LogP contribution is -2.53. The summed E-state index contributed by atoms with van der Waals surface area (Å²) in [5.41, 5.74) is 5.23. The Hall–Kier alpha value is -2.19. The monoisotopic (exact) mass is 425 g/mol. The molecule has 0 unspecified atom stereocenters. The Morgan fingerprint density at radius 3 is 1.63 bits per heavy atom. The summed E-state index contributed by atoms with van der Waals surface area (Å²) in [6, 6.07) is 0. The van der Waals surface area contributed by atoms with Crippen molar-refractivity contribution in [1.29, 1.82) is 0 Å². The summed E-state index contributed by atoms with van der Waals surface area (Å²) in [6.07, 6.45) is 1.26. The van der Waals surface area contributed by atoms with Gasteiger partial charge in [0.15, 0.2) is 5.96 Å². The van der Waals surface area contributed by atoms with Gasteiger partial charge in [0.05, 0.1) is 0 Å². The van der Waals surface area contributed by atoms with E-state index in [0.717, 1.165) is 12.8 Å². The molecule has 2 aliphatic heterocycles. The number of nitrogens with zero attached hydrogens (tertiary/aromatic N) is 4. The van der Waals surface area contributed by atoms with Crippen LogP contribution in [0.3, 0.4) is 0 Å². The van der Waals surface area contributed by atoms with Crippen LogP contribution < -0.4 is 5.73 Å². The van der Waals surface area contributed by atoms with Crippen molar-refractivity contribution in [3.8, 4) is 0 Å². The van der Waals surface area contributed by atoms with Gasteiger partial charge in [-0.25, -0.2) is 9.59 Å². The standard InChI is InChI=1S/C21H39N5O4/c1-20(2,3)29-18(27)25-9-7-16(8-10-25)15-23-17(22)24-11-13-26(14-12-24)19(28)30-21(4,5)6/h16H,7-15H2,1-6H3,(H2,22,23). The van der Waals surface area contributed by atoms with E-state index < -0.39 is 11.2 Å². The fourth-order valence-electron chi connectivity index (χ4n) is 3.39. The number of rotatable bonds is 2. The Bertz CT molecular complexity index is 622. The van der Waals surface area contributed by atoms with Gasteiger partial charge in [-0.05, 0) is 60.3 Å². The molecule has 0 aromatic carbocycles. The first kappa shape index (κ1) is 24.1. The zero-order valence-electron chi connectivity index (χ0n) is 19.4. The molecule has 2 N–H and O–H groups in total. The van der Waals surface area contributed by atoms with Gasteiger partial charge in [-0.1, -0.05) is 0 Å². The van der Waals surface area contributed by atoms with Crippen molar-refractivity contribution in [1.82, 2.24) is 14.7 Å². The summed E-state index contributed by atoms with van der Waals surface area (Å²) in [4.78, 5) is 34.4. The molecule has 2 amide bonds. The van der Waals surface area contributed by atoms with Crippen molar-refractivity contribution in [3.63, 3.8) is 0 Å². The van der Waals surface area contributed by atoms with E-state index in [4.69, 9.17) is 15.2 Å². The number of likely N-dealkylation sites (tertiary alicyclic amines) is 1. The average Bonchev–Trinajstić information content (AvgIpc) is 2.64. The quantitative estimate of drug-likeness (QED) is 0.539. The van der Waals surface area contributed by atoms with Crippen molar-refractivity contribution in [3.05, 3.63) is 0 Å². The zero-order valence-corrected chi connectivity index (χ0v) is 19.4. The number of ether oxygens (including phenoxy) is 2. The fourth-order valence-corrected chi connectivity index (χ4v) is 3.39. The minimum absolute atomic E-state index is 0.244. The van der Waals surface area contributed by atoms with E-state index in [-0.39, 0.29) is 12.2 Å². The van der Waals surface area contributed by atoms with Crippen molar-refractivity contribution in [2.24, 2.45) is 16.6 Å². The molecule has 0 aliphatic carbocycles. The van der Waals surface area contributed by atoms with Crippen LogP contribution in [-0.2, 0) is 9.47 Å². The third-order valence-electron chi connectivity index (χ3n) is 5.03. The molecule has 9 heteroatoms. The van der Waals surface area contributed by atoms with E-state index >= 15 is 0 Å². The molecule has 0 bridgehead atoms. The van der Waals surface area contributed by atoms with Crippen molar-refractivity contribution in [2.45, 2.75) is 65.6 Å². The van der Waals surface area contributed by atoms with E-state index in [0.29, 0.717) is 57.7 Å². The molecule has 2 fully saturated rings. The highest BCUT2D eigenvalue weighted by Crippen LogP contribution is 2.20. The van der Waals surface area contributed by atoms with Crippen LogP contribution in [-0.4, -0.2) is 89.9 Å². The van der Waals surface area contributed by atoms with Gasteiger partial charge in [0.1, 0.15) is 11.2 Å². The van der Waals surface area contributed by atoms with Crippen LogP contribution >= 0.6 is 0 Å². The predicted molar refractivity (Wildman–Crippen MR) is 116 cm³/mol. The first-order valence-electron chi connectivity index (χ1n) is 10.8. The third-order valence-corrected chi connectivity index (χ3v) is 5.03. The summed E-state index contributed by atoms with van der Waals surface area (Å²) in [7, 11) is 0. The molecule has 2 heterocycles. The van der Waals surface area contributed by atoms with Crippen molar-refractivity contribution < 1.29 is 19.1 Å². The SMILES string of the molecule is CC(C)(C)OC(=O)N1CCC(CN=C(N)N2CCN(C(=O)OC(C)(C)C)CC2)CC1. The van der Waals surface area contributed by atoms with Gasteiger partial charge in [0.2, 0.25) is 0 Å². The minimum atomic E-state index is -0.492. The van der Waals surface area contributed by atoms with E-state index in [2.05, 4.69) is 4.99 Å². The summed E-state index contributed by atoms with van der Waals surface area (Å²) in [6.45, 7) is 15.7. The molecular weight excluding hydrogens is 386 g/mol. The molecule has 0 saturated carbocycles. The van der Waals surface area contributed by atoms with Gasteiger partial charge < -0.3 is 29.9 Å². The maximum atomic E-state index is 12.2. The van der Waals surface area contributed by atoms with Crippen molar-refractivity contribution >= 4 is 18.1 Å². The number of aliphatic imine (C=N–C) groups is 1. The Morgan fingerprint density at radius 2 is 1.20 bits per heavy atom. The summed E-state index contributed by atoms with van der Waals surface area (Å²) in [5, 5.41) is 0. The number of nitrogens with two attached hydrogens (primary N) is 1. The molecule has 2 aliphatic rings. The fraction of sp³-hybridized carbons (Fsp3) is 0.857. The second-order valence-electron chi connectivity index (χ2n) is 10.1. The zero-order chi connectivity index (χ0) is 22.5. The van der Waals surface area contributed by atoms with Crippen LogP contribution in [0.1, 0.15) is 54.4 Å². The largest absolute Gasteiger partial charge is 0.444 e. The molecule has 0 spiro atoms. The maximum Gasteiger partial charge on any atom is 0.410 e.